The first-order valence-corrected chi connectivity index (χ1v) is 7.17. The summed E-state index contributed by atoms with van der Waals surface area (Å²) in [6, 6.07) is 1.52. The number of hydrogen-bond acceptors (Lipinski definition) is 3. The van der Waals surface area contributed by atoms with Gasteiger partial charge in [-0.05, 0) is 34.5 Å². The Morgan fingerprint density at radius 1 is 1.40 bits per heavy atom. The summed E-state index contributed by atoms with van der Waals surface area (Å²) in [4.78, 5) is 13.8. The predicted octanol–water partition coefficient (Wildman–Crippen LogP) is 5.69. The molecule has 8 heteroatoms. The van der Waals surface area contributed by atoms with Crippen molar-refractivity contribution in [3.05, 3.63) is 42.2 Å². The van der Waals surface area contributed by atoms with Gasteiger partial charge in [0, 0.05) is 5.39 Å². The molecular formula is C12H10BrCl2FN2O2. The quantitative estimate of drug-likeness (QED) is 0.361. The van der Waals surface area contributed by atoms with Gasteiger partial charge < -0.3 is 0 Å². The largest absolute Gasteiger partial charge is 0.325 e. The van der Waals surface area contributed by atoms with E-state index in [1.807, 2.05) is 13.8 Å². The zero-order valence-corrected chi connectivity index (χ0v) is 13.9. The second kappa shape index (κ2) is 6.65. The van der Waals surface area contributed by atoms with Crippen LogP contribution in [0.1, 0.15) is 19.4 Å². The molecule has 0 bridgehead atoms. The maximum atomic E-state index is 14.0. The highest BCUT2D eigenvalue weighted by Crippen LogP contribution is 2.39. The number of halogens is 4. The second-order valence-electron chi connectivity index (χ2n) is 3.54. The Balaban J connectivity index is 0.000000956. The van der Waals surface area contributed by atoms with Crippen molar-refractivity contribution < 1.29 is 9.31 Å². The molecule has 1 aromatic heterocycles. The summed E-state index contributed by atoms with van der Waals surface area (Å²) >= 11 is 14.6. The molecular weight excluding hydrogens is 374 g/mol. The van der Waals surface area contributed by atoms with E-state index in [9.17, 15) is 14.5 Å². The van der Waals surface area contributed by atoms with Crippen molar-refractivity contribution in [1.82, 2.24) is 4.98 Å². The molecule has 0 aliphatic rings. The van der Waals surface area contributed by atoms with Crippen LogP contribution in [0.15, 0.2) is 10.5 Å². The van der Waals surface area contributed by atoms with E-state index in [-0.39, 0.29) is 20.4 Å². The van der Waals surface area contributed by atoms with E-state index < -0.39 is 21.6 Å². The van der Waals surface area contributed by atoms with Gasteiger partial charge in [-0.2, -0.15) is 0 Å². The van der Waals surface area contributed by atoms with Crippen molar-refractivity contribution in [2.75, 3.05) is 0 Å². The van der Waals surface area contributed by atoms with Gasteiger partial charge in [-0.25, -0.2) is 9.37 Å². The summed E-state index contributed by atoms with van der Waals surface area (Å²) in [6.45, 7) is 5.64. The van der Waals surface area contributed by atoms with Gasteiger partial charge in [0.2, 0.25) is 5.15 Å². The van der Waals surface area contributed by atoms with E-state index in [0.29, 0.717) is 5.56 Å². The summed E-state index contributed by atoms with van der Waals surface area (Å²) in [6.07, 6.45) is 0. The molecule has 0 fully saturated rings. The fourth-order valence-electron chi connectivity index (χ4n) is 1.54. The molecule has 4 nitrogen and oxygen atoms in total. The van der Waals surface area contributed by atoms with Crippen LogP contribution in [-0.2, 0) is 0 Å². The van der Waals surface area contributed by atoms with Gasteiger partial charge in [-0.3, -0.25) is 10.1 Å². The first-order chi connectivity index (χ1) is 9.34. The SMILES string of the molecule is CC.Cc1cc2c(Cl)c([N+](=O)[O-])c(Cl)nc2c(F)c1Br. The molecule has 1 heterocycles. The van der Waals surface area contributed by atoms with E-state index in [1.165, 1.54) is 6.07 Å². The van der Waals surface area contributed by atoms with Gasteiger partial charge in [0.15, 0.2) is 5.82 Å². The molecule has 108 valence electrons. The molecule has 0 amide bonds. The number of nitrogens with zero attached hydrogens (tertiary/aromatic N) is 2. The highest BCUT2D eigenvalue weighted by atomic mass is 79.9. The molecule has 2 rings (SSSR count). The highest BCUT2D eigenvalue weighted by molar-refractivity contribution is 9.10. The van der Waals surface area contributed by atoms with Crippen LogP contribution in [0.4, 0.5) is 10.1 Å². The minimum Gasteiger partial charge on any atom is -0.258 e. The predicted molar refractivity (Wildman–Crippen MR) is 82.2 cm³/mol. The third-order valence-electron chi connectivity index (χ3n) is 2.40. The topological polar surface area (TPSA) is 56.0 Å². The number of hydrogen-bond donors (Lipinski definition) is 0. The first kappa shape index (κ1) is 17.1. The molecule has 0 aliphatic carbocycles. The highest BCUT2D eigenvalue weighted by Gasteiger charge is 2.25. The lowest BCUT2D eigenvalue weighted by Crippen LogP contribution is -1.97. The van der Waals surface area contributed by atoms with E-state index in [0.717, 1.165) is 0 Å². The summed E-state index contributed by atoms with van der Waals surface area (Å²) < 4.78 is 14.2. The molecule has 0 radical (unpaired) electrons. The van der Waals surface area contributed by atoms with Crippen LogP contribution in [-0.4, -0.2) is 9.91 Å². The molecule has 1 aromatic carbocycles. The molecule has 0 N–H and O–H groups in total. The third kappa shape index (κ3) is 2.87. The molecule has 0 atom stereocenters. The van der Waals surface area contributed by atoms with Gasteiger partial charge in [-0.1, -0.05) is 37.0 Å². The van der Waals surface area contributed by atoms with Crippen LogP contribution in [0.25, 0.3) is 10.9 Å². The van der Waals surface area contributed by atoms with Gasteiger partial charge >= 0.3 is 5.69 Å². The van der Waals surface area contributed by atoms with Crippen LogP contribution in [0.5, 0.6) is 0 Å². The first-order valence-electron chi connectivity index (χ1n) is 5.62. The second-order valence-corrected chi connectivity index (χ2v) is 5.07. The van der Waals surface area contributed by atoms with E-state index in [4.69, 9.17) is 23.2 Å². The lowest BCUT2D eigenvalue weighted by atomic mass is 10.1. The van der Waals surface area contributed by atoms with Crippen LogP contribution >= 0.6 is 39.1 Å². The number of pyridine rings is 1. The van der Waals surface area contributed by atoms with Crippen molar-refractivity contribution in [3.63, 3.8) is 0 Å². The molecule has 0 unspecified atom stereocenters. The zero-order valence-electron chi connectivity index (χ0n) is 10.8. The zero-order chi connectivity index (χ0) is 15.6. The molecule has 0 saturated carbocycles. The molecule has 0 spiro atoms. The number of fused-ring (bicyclic) bond motifs is 1. The standard InChI is InChI=1S/C10H4BrCl2FN2O2.C2H6/c1-3-2-4-6(12)9(16(17)18)10(13)15-8(4)7(14)5(3)11;1-2/h2H,1H3;1-2H3. The Bertz CT molecular complexity index is 695. The molecule has 2 aromatic rings. The Morgan fingerprint density at radius 3 is 2.45 bits per heavy atom. The van der Waals surface area contributed by atoms with Gasteiger partial charge in [0.1, 0.15) is 10.5 Å². The van der Waals surface area contributed by atoms with E-state index >= 15 is 0 Å². The van der Waals surface area contributed by atoms with Crippen molar-refractivity contribution in [3.8, 4) is 0 Å². The fourth-order valence-corrected chi connectivity index (χ4v) is 2.45. The average molecular weight is 384 g/mol. The van der Waals surface area contributed by atoms with Crippen LogP contribution < -0.4 is 0 Å². The van der Waals surface area contributed by atoms with Crippen LogP contribution in [0.3, 0.4) is 0 Å². The van der Waals surface area contributed by atoms with Crippen molar-refractivity contribution in [1.29, 1.82) is 0 Å². The van der Waals surface area contributed by atoms with Crippen molar-refractivity contribution in [2.24, 2.45) is 0 Å². The van der Waals surface area contributed by atoms with Crippen LogP contribution in [0, 0.1) is 22.9 Å². The Morgan fingerprint density at radius 2 is 1.95 bits per heavy atom. The lowest BCUT2D eigenvalue weighted by Gasteiger charge is -2.07. The molecule has 20 heavy (non-hydrogen) atoms. The minimum atomic E-state index is -0.744. The maximum Gasteiger partial charge on any atom is 0.325 e. The number of aryl methyl sites for hydroxylation is 1. The lowest BCUT2D eigenvalue weighted by molar-refractivity contribution is -0.384. The molecule has 0 aliphatic heterocycles. The van der Waals surface area contributed by atoms with Crippen LogP contribution in [0.2, 0.25) is 10.2 Å². The smallest absolute Gasteiger partial charge is 0.258 e. The summed E-state index contributed by atoms with van der Waals surface area (Å²) in [5.41, 5.74) is -0.0691. The number of rotatable bonds is 1. The Hall–Kier alpha value is -0.980. The summed E-state index contributed by atoms with van der Waals surface area (Å²) in [5.74, 6) is -0.649. The average Bonchev–Trinajstić information content (AvgIpc) is 2.40. The van der Waals surface area contributed by atoms with Gasteiger partial charge in [-0.15, -0.1) is 0 Å². The summed E-state index contributed by atoms with van der Waals surface area (Å²) in [5, 5.41) is 10.3. The number of aromatic nitrogens is 1. The van der Waals surface area contributed by atoms with Crippen molar-refractivity contribution in [2.45, 2.75) is 20.8 Å². The third-order valence-corrected chi connectivity index (χ3v) is 4.01. The van der Waals surface area contributed by atoms with E-state index in [2.05, 4.69) is 20.9 Å². The Labute approximate surface area is 133 Å². The maximum absolute atomic E-state index is 14.0. The summed E-state index contributed by atoms with van der Waals surface area (Å²) in [7, 11) is 0. The van der Waals surface area contributed by atoms with Gasteiger partial charge in [0.05, 0.1) is 9.40 Å². The van der Waals surface area contributed by atoms with E-state index in [1.54, 1.807) is 6.92 Å². The van der Waals surface area contributed by atoms with Gasteiger partial charge in [0.25, 0.3) is 0 Å². The fraction of sp³-hybridized carbons (Fsp3) is 0.250. The molecule has 0 saturated heterocycles. The number of benzene rings is 1. The minimum absolute atomic E-state index is 0.104. The Kier molecular flexibility index (Phi) is 5.68. The van der Waals surface area contributed by atoms with Crippen molar-refractivity contribution >= 4 is 55.7 Å². The normalized spacial score (nSPS) is 10.2. The monoisotopic (exact) mass is 382 g/mol. The number of nitro groups is 1.